The van der Waals surface area contributed by atoms with Crippen LogP contribution in [0, 0.1) is 0 Å². The smallest absolute Gasteiger partial charge is 0.0995 e. The van der Waals surface area contributed by atoms with Gasteiger partial charge in [0.15, 0.2) is 0 Å². The second-order valence-electron chi connectivity index (χ2n) is 11.1. The molecule has 6 heteroatoms. The van der Waals surface area contributed by atoms with Crippen molar-refractivity contribution in [3.63, 3.8) is 0 Å². The van der Waals surface area contributed by atoms with Gasteiger partial charge in [-0.15, -0.1) is 22.7 Å². The average molecular weight is 625 g/mol. The van der Waals surface area contributed by atoms with Crippen LogP contribution in [-0.2, 0) is 0 Å². The Labute approximate surface area is 273 Å². The van der Waals surface area contributed by atoms with Gasteiger partial charge in [0.1, 0.15) is 0 Å². The standard InChI is InChI=1S/C40H24N4S2/c1-2-10-27-25(8-1)9-5-13-28(27)26-18-19-31-32(20-26)40(36-17-7-15-34(44-36)38-22-46-24-42-38)30-12-4-3-11-29(30)39(31)35-16-6-14-33(43-35)37-21-45-23-41-37/h1-24H. The topological polar surface area (TPSA) is 51.6 Å². The van der Waals surface area contributed by atoms with Gasteiger partial charge in [-0.25, -0.2) is 19.9 Å². The van der Waals surface area contributed by atoms with Crippen molar-refractivity contribution in [3.8, 4) is 56.4 Å². The lowest BCUT2D eigenvalue weighted by Crippen LogP contribution is -1.96. The molecule has 4 nitrogen and oxygen atoms in total. The van der Waals surface area contributed by atoms with Gasteiger partial charge < -0.3 is 0 Å². The van der Waals surface area contributed by atoms with Gasteiger partial charge in [-0.05, 0) is 73.8 Å². The number of hydrogen-bond acceptors (Lipinski definition) is 6. The Morgan fingerprint density at radius 1 is 0.391 bits per heavy atom. The minimum Gasteiger partial charge on any atom is -0.246 e. The molecule has 9 aromatic rings. The molecule has 0 spiro atoms. The number of nitrogens with zero attached hydrogens (tertiary/aromatic N) is 4. The van der Waals surface area contributed by atoms with Crippen molar-refractivity contribution >= 4 is 55.0 Å². The van der Waals surface area contributed by atoms with Crippen molar-refractivity contribution in [1.29, 1.82) is 0 Å². The van der Waals surface area contributed by atoms with E-state index >= 15 is 0 Å². The zero-order valence-electron chi connectivity index (χ0n) is 24.5. The molecule has 0 aliphatic carbocycles. The molecule has 0 amide bonds. The van der Waals surface area contributed by atoms with Crippen LogP contribution in [0.4, 0.5) is 0 Å². The quantitative estimate of drug-likeness (QED) is 0.179. The maximum Gasteiger partial charge on any atom is 0.0995 e. The highest BCUT2D eigenvalue weighted by Crippen LogP contribution is 2.45. The van der Waals surface area contributed by atoms with E-state index < -0.39 is 0 Å². The maximum atomic E-state index is 5.21. The van der Waals surface area contributed by atoms with Crippen LogP contribution in [0.2, 0.25) is 0 Å². The van der Waals surface area contributed by atoms with Crippen LogP contribution in [0.1, 0.15) is 0 Å². The Hall–Kier alpha value is -5.56. The summed E-state index contributed by atoms with van der Waals surface area (Å²) in [6.45, 7) is 0. The lowest BCUT2D eigenvalue weighted by Gasteiger charge is -2.18. The van der Waals surface area contributed by atoms with E-state index in [4.69, 9.17) is 9.97 Å². The van der Waals surface area contributed by atoms with Crippen LogP contribution in [0.15, 0.2) is 143 Å². The van der Waals surface area contributed by atoms with Gasteiger partial charge in [-0.3, -0.25) is 0 Å². The number of hydrogen-bond donors (Lipinski definition) is 0. The highest BCUT2D eigenvalue weighted by Gasteiger charge is 2.20. The van der Waals surface area contributed by atoms with Crippen LogP contribution in [0.5, 0.6) is 0 Å². The molecule has 0 N–H and O–H groups in total. The Balaban J connectivity index is 1.38. The lowest BCUT2D eigenvalue weighted by molar-refractivity contribution is 1.28. The van der Waals surface area contributed by atoms with E-state index in [2.05, 4.69) is 119 Å². The highest BCUT2D eigenvalue weighted by atomic mass is 32.1. The van der Waals surface area contributed by atoms with Crippen molar-refractivity contribution in [2.75, 3.05) is 0 Å². The maximum absolute atomic E-state index is 5.21. The summed E-state index contributed by atoms with van der Waals surface area (Å²) in [5.74, 6) is 0. The summed E-state index contributed by atoms with van der Waals surface area (Å²) < 4.78 is 0. The van der Waals surface area contributed by atoms with E-state index in [0.29, 0.717) is 0 Å². The van der Waals surface area contributed by atoms with Gasteiger partial charge in [0.25, 0.3) is 0 Å². The summed E-state index contributed by atoms with van der Waals surface area (Å²) in [4.78, 5) is 19.5. The Morgan fingerprint density at radius 3 is 1.54 bits per heavy atom. The number of rotatable bonds is 5. The molecule has 4 aromatic heterocycles. The molecule has 4 heterocycles. The Kier molecular flexibility index (Phi) is 6.47. The fourth-order valence-electron chi connectivity index (χ4n) is 6.49. The second kappa shape index (κ2) is 11.1. The van der Waals surface area contributed by atoms with E-state index in [9.17, 15) is 0 Å². The number of aromatic nitrogens is 4. The van der Waals surface area contributed by atoms with Crippen molar-refractivity contribution in [2.24, 2.45) is 0 Å². The molecular weight excluding hydrogens is 601 g/mol. The van der Waals surface area contributed by atoms with Crippen molar-refractivity contribution in [2.45, 2.75) is 0 Å². The largest absolute Gasteiger partial charge is 0.246 e. The van der Waals surface area contributed by atoms with Crippen molar-refractivity contribution < 1.29 is 0 Å². The Morgan fingerprint density at radius 2 is 0.913 bits per heavy atom. The third-order valence-electron chi connectivity index (χ3n) is 8.52. The van der Waals surface area contributed by atoms with Crippen molar-refractivity contribution in [1.82, 2.24) is 19.9 Å². The van der Waals surface area contributed by atoms with Gasteiger partial charge in [0.05, 0.1) is 45.2 Å². The van der Waals surface area contributed by atoms with E-state index in [-0.39, 0.29) is 0 Å². The molecule has 0 aliphatic heterocycles. The predicted octanol–water partition coefficient (Wildman–Crippen LogP) is 11.2. The van der Waals surface area contributed by atoms with Crippen LogP contribution in [0.3, 0.4) is 0 Å². The van der Waals surface area contributed by atoms with Gasteiger partial charge in [0.2, 0.25) is 0 Å². The summed E-state index contributed by atoms with van der Waals surface area (Å²) >= 11 is 3.16. The molecule has 9 rings (SSSR count). The summed E-state index contributed by atoms with van der Waals surface area (Å²) in [5.41, 5.74) is 13.6. The minimum absolute atomic E-state index is 0.864. The molecule has 0 aliphatic rings. The van der Waals surface area contributed by atoms with E-state index in [1.54, 1.807) is 22.7 Å². The van der Waals surface area contributed by atoms with Gasteiger partial charge in [-0.1, -0.05) is 91.0 Å². The minimum atomic E-state index is 0.864. The summed E-state index contributed by atoms with van der Waals surface area (Å²) in [6, 6.07) is 43.0. The molecular formula is C40H24N4S2. The summed E-state index contributed by atoms with van der Waals surface area (Å²) in [6.07, 6.45) is 0. The second-order valence-corrected chi connectivity index (χ2v) is 12.6. The third-order valence-corrected chi connectivity index (χ3v) is 9.70. The van der Waals surface area contributed by atoms with Gasteiger partial charge in [0, 0.05) is 21.9 Å². The first kappa shape index (κ1) is 26.8. The van der Waals surface area contributed by atoms with Crippen LogP contribution >= 0.6 is 22.7 Å². The summed E-state index contributed by atoms with van der Waals surface area (Å²) in [7, 11) is 0. The van der Waals surface area contributed by atoms with Gasteiger partial charge >= 0.3 is 0 Å². The molecule has 46 heavy (non-hydrogen) atoms. The van der Waals surface area contributed by atoms with E-state index in [1.807, 2.05) is 33.9 Å². The van der Waals surface area contributed by atoms with E-state index in [1.165, 1.54) is 16.3 Å². The zero-order valence-corrected chi connectivity index (χ0v) is 26.1. The Bertz CT molecular complexity index is 2530. The molecule has 0 atom stereocenters. The lowest BCUT2D eigenvalue weighted by atomic mass is 9.86. The number of benzene rings is 5. The monoisotopic (exact) mass is 624 g/mol. The van der Waals surface area contributed by atoms with Crippen molar-refractivity contribution in [3.05, 3.63) is 143 Å². The fraction of sp³-hybridized carbons (Fsp3) is 0. The molecule has 0 unspecified atom stereocenters. The molecule has 0 radical (unpaired) electrons. The molecule has 216 valence electrons. The van der Waals surface area contributed by atoms with Crippen LogP contribution < -0.4 is 0 Å². The molecule has 5 aromatic carbocycles. The molecule has 0 saturated heterocycles. The number of thiazole rings is 2. The number of pyridine rings is 2. The third kappa shape index (κ3) is 4.50. The predicted molar refractivity (Wildman–Crippen MR) is 193 cm³/mol. The van der Waals surface area contributed by atoms with E-state index in [0.717, 1.165) is 72.4 Å². The molecule has 0 fully saturated rings. The number of fused-ring (bicyclic) bond motifs is 3. The highest BCUT2D eigenvalue weighted by molar-refractivity contribution is 7.08. The van der Waals surface area contributed by atoms with Gasteiger partial charge in [-0.2, -0.15) is 0 Å². The summed E-state index contributed by atoms with van der Waals surface area (Å²) in [5, 5.41) is 11.1. The SMILES string of the molecule is c1cc(-c2cscn2)nc(-c2c3ccccc3c(-c3cccc(-c4cscn4)n3)c3cc(-c4cccc5ccccc45)ccc23)c1. The van der Waals surface area contributed by atoms with Crippen LogP contribution in [0.25, 0.3) is 88.7 Å². The first-order chi connectivity index (χ1) is 22.8. The normalized spacial score (nSPS) is 11.5. The molecule has 0 saturated carbocycles. The van der Waals surface area contributed by atoms with Crippen LogP contribution in [-0.4, -0.2) is 19.9 Å². The average Bonchev–Trinajstić information content (AvgIpc) is 3.86. The zero-order chi connectivity index (χ0) is 30.5. The fourth-order valence-corrected chi connectivity index (χ4v) is 7.58. The molecule has 0 bridgehead atoms. The first-order valence-corrected chi connectivity index (χ1v) is 16.9. The first-order valence-electron chi connectivity index (χ1n) is 15.0.